The van der Waals surface area contributed by atoms with Crippen molar-refractivity contribution in [3.63, 3.8) is 0 Å². The van der Waals surface area contributed by atoms with Gasteiger partial charge in [0.25, 0.3) is 5.91 Å². The summed E-state index contributed by atoms with van der Waals surface area (Å²) in [5.41, 5.74) is 5.45. The second-order valence-electron chi connectivity index (χ2n) is 7.29. The van der Waals surface area contributed by atoms with Crippen molar-refractivity contribution in [3.8, 4) is 11.5 Å². The van der Waals surface area contributed by atoms with Gasteiger partial charge in [0, 0.05) is 18.7 Å². The van der Waals surface area contributed by atoms with Crippen molar-refractivity contribution < 1.29 is 14.6 Å². The lowest BCUT2D eigenvalue weighted by Gasteiger charge is -2.13. The predicted molar refractivity (Wildman–Crippen MR) is 141 cm³/mol. The van der Waals surface area contributed by atoms with Gasteiger partial charge in [-0.25, -0.2) is 5.43 Å². The van der Waals surface area contributed by atoms with Crippen molar-refractivity contribution in [2.75, 3.05) is 13.2 Å². The molecule has 0 bridgehead atoms. The number of amides is 1. The molecule has 0 aliphatic carbocycles. The monoisotopic (exact) mass is 583 g/mol. The molecule has 178 valence electrons. The molecule has 0 atom stereocenters. The summed E-state index contributed by atoms with van der Waals surface area (Å²) in [5, 5.41) is 17.9. The number of aromatic hydroxyl groups is 1. The average molecular weight is 586 g/mol. The van der Waals surface area contributed by atoms with E-state index in [9.17, 15) is 9.90 Å². The SMILES string of the molecule is Cc1cc(/C=N/NC(=O)c2ccc(O)c(Cl)c2)cc(Br)c1OCCNCc1ccc(Cl)c(Cl)c1. The Morgan fingerprint density at radius 3 is 2.59 bits per heavy atom. The molecule has 3 N–H and O–H groups in total. The van der Waals surface area contributed by atoms with E-state index >= 15 is 0 Å². The quantitative estimate of drug-likeness (QED) is 0.155. The molecule has 0 aromatic heterocycles. The summed E-state index contributed by atoms with van der Waals surface area (Å²) in [5.74, 6) is 0.199. The Morgan fingerprint density at radius 2 is 1.88 bits per heavy atom. The van der Waals surface area contributed by atoms with Crippen LogP contribution in [-0.2, 0) is 6.54 Å². The Bertz CT molecular complexity index is 1200. The van der Waals surface area contributed by atoms with Gasteiger partial charge in [0.2, 0.25) is 0 Å². The highest BCUT2D eigenvalue weighted by atomic mass is 79.9. The Kier molecular flexibility index (Phi) is 9.62. The number of hydrogen-bond donors (Lipinski definition) is 3. The highest BCUT2D eigenvalue weighted by molar-refractivity contribution is 9.10. The van der Waals surface area contributed by atoms with E-state index in [4.69, 9.17) is 39.5 Å². The van der Waals surface area contributed by atoms with Gasteiger partial charge in [-0.2, -0.15) is 5.10 Å². The third kappa shape index (κ3) is 7.35. The molecule has 3 rings (SSSR count). The van der Waals surface area contributed by atoms with Gasteiger partial charge >= 0.3 is 0 Å². The fourth-order valence-electron chi connectivity index (χ4n) is 3.00. The maximum atomic E-state index is 12.2. The fourth-order valence-corrected chi connectivity index (χ4v) is 4.19. The number of carbonyl (C=O) groups excluding carboxylic acids is 1. The number of benzene rings is 3. The molecule has 34 heavy (non-hydrogen) atoms. The van der Waals surface area contributed by atoms with Crippen LogP contribution in [0, 0.1) is 6.92 Å². The molecule has 0 aliphatic rings. The molecular weight excluding hydrogens is 565 g/mol. The van der Waals surface area contributed by atoms with Gasteiger partial charge < -0.3 is 15.2 Å². The second-order valence-corrected chi connectivity index (χ2v) is 9.36. The molecule has 0 saturated carbocycles. The van der Waals surface area contributed by atoms with Crippen molar-refractivity contribution >= 4 is 62.9 Å². The molecule has 0 heterocycles. The first-order valence-electron chi connectivity index (χ1n) is 10.1. The van der Waals surface area contributed by atoms with Gasteiger partial charge in [0.1, 0.15) is 18.1 Å². The van der Waals surface area contributed by atoms with E-state index in [2.05, 4.69) is 31.8 Å². The molecule has 10 heteroatoms. The van der Waals surface area contributed by atoms with Crippen molar-refractivity contribution in [1.82, 2.24) is 10.7 Å². The van der Waals surface area contributed by atoms with Crippen LogP contribution >= 0.6 is 50.7 Å². The summed E-state index contributed by atoms with van der Waals surface area (Å²) in [4.78, 5) is 12.2. The molecule has 6 nitrogen and oxygen atoms in total. The number of phenols is 1. The van der Waals surface area contributed by atoms with Crippen LogP contribution in [-0.4, -0.2) is 30.4 Å². The molecule has 0 unspecified atom stereocenters. The number of aryl methyl sites for hydroxylation is 1. The molecule has 0 fully saturated rings. The second kappa shape index (κ2) is 12.4. The average Bonchev–Trinajstić information content (AvgIpc) is 2.79. The van der Waals surface area contributed by atoms with E-state index in [1.54, 1.807) is 6.07 Å². The lowest BCUT2D eigenvalue weighted by Crippen LogP contribution is -2.21. The smallest absolute Gasteiger partial charge is 0.271 e. The van der Waals surface area contributed by atoms with Gasteiger partial charge in [-0.05, 0) is 82.0 Å². The number of carbonyl (C=O) groups is 1. The van der Waals surface area contributed by atoms with Crippen LogP contribution in [0.15, 0.2) is 58.1 Å². The molecular formula is C24H21BrCl3N3O3. The Labute approximate surface area is 221 Å². The standard InChI is InChI=1S/C24H21BrCl3N3O3/c1-14-8-16(13-30-31-24(33)17-3-5-22(32)21(28)11-17)9-18(25)23(14)34-7-6-29-12-15-2-4-19(26)20(27)10-15/h2-5,8-11,13,29,32H,6-7,12H2,1H3,(H,31,33)/b30-13+. The van der Waals surface area contributed by atoms with Gasteiger partial charge in [-0.15, -0.1) is 0 Å². The first-order chi connectivity index (χ1) is 16.2. The van der Waals surface area contributed by atoms with Crippen LogP contribution in [0.3, 0.4) is 0 Å². The molecule has 0 saturated heterocycles. The zero-order valence-electron chi connectivity index (χ0n) is 18.0. The van der Waals surface area contributed by atoms with E-state index in [-0.39, 0.29) is 16.3 Å². The first-order valence-corrected chi connectivity index (χ1v) is 12.1. The zero-order chi connectivity index (χ0) is 24.7. The third-order valence-electron chi connectivity index (χ3n) is 4.68. The van der Waals surface area contributed by atoms with Crippen molar-refractivity contribution in [2.24, 2.45) is 5.10 Å². The van der Waals surface area contributed by atoms with E-state index < -0.39 is 5.91 Å². The Balaban J connectivity index is 1.50. The Hall–Kier alpha value is -2.29. The maximum absolute atomic E-state index is 12.2. The number of ether oxygens (including phenoxy) is 1. The van der Waals surface area contributed by atoms with E-state index in [0.29, 0.717) is 29.7 Å². The number of hydrogen-bond acceptors (Lipinski definition) is 5. The number of nitrogens with zero attached hydrogens (tertiary/aromatic N) is 1. The molecule has 0 radical (unpaired) electrons. The maximum Gasteiger partial charge on any atom is 0.271 e. The fraction of sp³-hybridized carbons (Fsp3) is 0.167. The molecule has 3 aromatic carbocycles. The number of halogens is 4. The van der Waals surface area contributed by atoms with E-state index in [0.717, 1.165) is 26.9 Å². The van der Waals surface area contributed by atoms with Crippen LogP contribution in [0.2, 0.25) is 15.1 Å². The minimum Gasteiger partial charge on any atom is -0.506 e. The van der Waals surface area contributed by atoms with Crippen LogP contribution < -0.4 is 15.5 Å². The van der Waals surface area contributed by atoms with Gasteiger partial charge in [0.05, 0.1) is 25.8 Å². The van der Waals surface area contributed by atoms with Crippen LogP contribution in [0.25, 0.3) is 0 Å². The minimum atomic E-state index is -0.442. The van der Waals surface area contributed by atoms with Crippen molar-refractivity contribution in [3.05, 3.63) is 90.3 Å². The topological polar surface area (TPSA) is 83.0 Å². The number of rotatable bonds is 9. The predicted octanol–water partition coefficient (Wildman–Crippen LogP) is 6.36. The summed E-state index contributed by atoms with van der Waals surface area (Å²) >= 11 is 21.3. The number of nitrogens with one attached hydrogen (secondary N) is 2. The third-order valence-corrected chi connectivity index (χ3v) is 6.31. The van der Waals surface area contributed by atoms with Crippen LogP contribution in [0.1, 0.15) is 27.0 Å². The summed E-state index contributed by atoms with van der Waals surface area (Å²) in [7, 11) is 0. The Morgan fingerprint density at radius 1 is 1.09 bits per heavy atom. The molecule has 0 aliphatic heterocycles. The van der Waals surface area contributed by atoms with Crippen molar-refractivity contribution in [2.45, 2.75) is 13.5 Å². The minimum absolute atomic E-state index is 0.0911. The zero-order valence-corrected chi connectivity index (χ0v) is 21.9. The van der Waals surface area contributed by atoms with Gasteiger partial charge in [-0.3, -0.25) is 4.79 Å². The lowest BCUT2D eigenvalue weighted by molar-refractivity contribution is 0.0955. The van der Waals surface area contributed by atoms with Crippen LogP contribution in [0.4, 0.5) is 0 Å². The highest BCUT2D eigenvalue weighted by Crippen LogP contribution is 2.30. The van der Waals surface area contributed by atoms with Crippen molar-refractivity contribution in [1.29, 1.82) is 0 Å². The van der Waals surface area contributed by atoms with Gasteiger partial charge in [-0.1, -0.05) is 40.9 Å². The summed E-state index contributed by atoms with van der Waals surface area (Å²) < 4.78 is 6.69. The van der Waals surface area contributed by atoms with Gasteiger partial charge in [0.15, 0.2) is 0 Å². The summed E-state index contributed by atoms with van der Waals surface area (Å²) in [6.07, 6.45) is 1.53. The lowest BCUT2D eigenvalue weighted by atomic mass is 10.1. The number of hydrazone groups is 1. The van der Waals surface area contributed by atoms with Crippen LogP contribution in [0.5, 0.6) is 11.5 Å². The molecule has 1 amide bonds. The van der Waals surface area contributed by atoms with E-state index in [1.165, 1.54) is 24.4 Å². The summed E-state index contributed by atoms with van der Waals surface area (Å²) in [6.45, 7) is 3.69. The molecule has 0 spiro atoms. The largest absolute Gasteiger partial charge is 0.506 e. The van der Waals surface area contributed by atoms with E-state index in [1.807, 2.05) is 31.2 Å². The highest BCUT2D eigenvalue weighted by Gasteiger charge is 2.09. The normalized spacial score (nSPS) is 11.1. The first kappa shape index (κ1) is 26.3. The number of phenolic OH excluding ortho intramolecular Hbond substituents is 1. The molecule has 3 aromatic rings. The summed E-state index contributed by atoms with van der Waals surface area (Å²) in [6, 6.07) is 13.5.